The van der Waals surface area contributed by atoms with Gasteiger partial charge in [0.15, 0.2) is 11.6 Å². The number of hydrogen-bond donors (Lipinski definition) is 1. The highest BCUT2D eigenvalue weighted by atomic mass is 35.5. The van der Waals surface area contributed by atoms with Gasteiger partial charge in [-0.3, -0.25) is 4.90 Å². The average molecular weight is 325 g/mol. The van der Waals surface area contributed by atoms with E-state index >= 15 is 0 Å². The second kappa shape index (κ2) is 7.18. The van der Waals surface area contributed by atoms with Gasteiger partial charge in [-0.2, -0.15) is 0 Å². The van der Waals surface area contributed by atoms with E-state index in [1.165, 1.54) is 5.56 Å². The molecule has 1 aliphatic rings. The third-order valence-corrected chi connectivity index (χ3v) is 4.09. The minimum Gasteiger partial charge on any atom is -0.326 e. The van der Waals surface area contributed by atoms with Crippen molar-refractivity contribution in [3.05, 3.63) is 71.3 Å². The van der Waals surface area contributed by atoms with Gasteiger partial charge in [-0.1, -0.05) is 42.5 Å². The third-order valence-electron chi connectivity index (χ3n) is 4.09. The molecule has 2 aromatic rings. The SMILES string of the molecule is Cl.N[C@@H]1CN(Cc2cccc(F)c2F)C[C@H]1c1ccccc1. The summed E-state index contributed by atoms with van der Waals surface area (Å²) in [5, 5.41) is 0. The van der Waals surface area contributed by atoms with Crippen LogP contribution in [0.1, 0.15) is 17.0 Å². The summed E-state index contributed by atoms with van der Waals surface area (Å²) in [6.07, 6.45) is 0. The van der Waals surface area contributed by atoms with Crippen LogP contribution >= 0.6 is 12.4 Å². The molecule has 0 bridgehead atoms. The van der Waals surface area contributed by atoms with E-state index in [9.17, 15) is 8.78 Å². The Morgan fingerprint density at radius 3 is 2.45 bits per heavy atom. The van der Waals surface area contributed by atoms with Crippen LogP contribution in [0.2, 0.25) is 0 Å². The highest BCUT2D eigenvalue weighted by Crippen LogP contribution is 2.27. The minimum absolute atomic E-state index is 0. The van der Waals surface area contributed by atoms with E-state index in [0.717, 1.165) is 12.6 Å². The maximum Gasteiger partial charge on any atom is 0.163 e. The molecule has 2 aromatic carbocycles. The molecule has 0 amide bonds. The van der Waals surface area contributed by atoms with Gasteiger partial charge in [0.2, 0.25) is 0 Å². The molecular formula is C17H19ClF2N2. The van der Waals surface area contributed by atoms with Crippen LogP contribution < -0.4 is 5.73 Å². The lowest BCUT2D eigenvalue weighted by Gasteiger charge is -2.16. The third kappa shape index (κ3) is 3.46. The molecule has 0 spiro atoms. The van der Waals surface area contributed by atoms with Gasteiger partial charge >= 0.3 is 0 Å². The molecule has 2 N–H and O–H groups in total. The Kier molecular flexibility index (Phi) is 5.51. The number of rotatable bonds is 3. The Morgan fingerprint density at radius 1 is 1.00 bits per heavy atom. The fourth-order valence-corrected chi connectivity index (χ4v) is 3.01. The lowest BCUT2D eigenvalue weighted by atomic mass is 9.95. The molecule has 1 heterocycles. The number of nitrogens with zero attached hydrogens (tertiary/aromatic N) is 1. The summed E-state index contributed by atoms with van der Waals surface area (Å²) in [5.41, 5.74) is 7.80. The van der Waals surface area contributed by atoms with E-state index in [2.05, 4.69) is 17.0 Å². The number of hydrogen-bond acceptors (Lipinski definition) is 2. The van der Waals surface area contributed by atoms with Gasteiger partial charge in [-0.25, -0.2) is 8.78 Å². The van der Waals surface area contributed by atoms with Crippen molar-refractivity contribution in [3.63, 3.8) is 0 Å². The summed E-state index contributed by atoms with van der Waals surface area (Å²) in [6, 6.07) is 14.4. The van der Waals surface area contributed by atoms with E-state index in [1.54, 1.807) is 12.1 Å². The minimum atomic E-state index is -0.796. The Morgan fingerprint density at radius 2 is 1.73 bits per heavy atom. The molecule has 0 aliphatic carbocycles. The van der Waals surface area contributed by atoms with E-state index in [0.29, 0.717) is 18.7 Å². The molecule has 0 unspecified atom stereocenters. The number of likely N-dealkylation sites (tertiary alicyclic amines) is 1. The molecule has 5 heteroatoms. The molecule has 0 radical (unpaired) electrons. The molecule has 3 rings (SSSR count). The zero-order valence-corrected chi connectivity index (χ0v) is 12.9. The first-order valence-corrected chi connectivity index (χ1v) is 7.11. The normalized spacial score (nSPS) is 21.6. The summed E-state index contributed by atoms with van der Waals surface area (Å²) in [4.78, 5) is 2.08. The maximum absolute atomic E-state index is 13.7. The summed E-state index contributed by atoms with van der Waals surface area (Å²) < 4.78 is 27.0. The van der Waals surface area contributed by atoms with Crippen LogP contribution in [0.3, 0.4) is 0 Å². The molecule has 118 valence electrons. The number of nitrogens with two attached hydrogens (primary N) is 1. The molecule has 2 atom stereocenters. The van der Waals surface area contributed by atoms with Crippen LogP contribution in [0.15, 0.2) is 48.5 Å². The Bertz CT molecular complexity index is 621. The molecule has 1 fully saturated rings. The summed E-state index contributed by atoms with van der Waals surface area (Å²) >= 11 is 0. The van der Waals surface area contributed by atoms with Crippen molar-refractivity contribution in [2.24, 2.45) is 5.73 Å². The van der Waals surface area contributed by atoms with E-state index < -0.39 is 11.6 Å². The van der Waals surface area contributed by atoms with Crippen molar-refractivity contribution in [2.75, 3.05) is 13.1 Å². The summed E-state index contributed by atoms with van der Waals surface area (Å²) in [7, 11) is 0. The maximum atomic E-state index is 13.7. The van der Waals surface area contributed by atoms with Gasteiger partial charge in [0.05, 0.1) is 0 Å². The van der Waals surface area contributed by atoms with E-state index in [-0.39, 0.29) is 24.4 Å². The molecule has 1 saturated heterocycles. The summed E-state index contributed by atoms with van der Waals surface area (Å²) in [5.74, 6) is -1.31. The number of halogens is 3. The summed E-state index contributed by atoms with van der Waals surface area (Å²) in [6.45, 7) is 1.84. The van der Waals surface area contributed by atoms with Crippen LogP contribution in [0, 0.1) is 11.6 Å². The predicted octanol–water partition coefficient (Wildman–Crippen LogP) is 3.31. The molecule has 0 aromatic heterocycles. The van der Waals surface area contributed by atoms with Gasteiger partial charge in [-0.05, 0) is 11.6 Å². The van der Waals surface area contributed by atoms with Crippen molar-refractivity contribution >= 4 is 12.4 Å². The fourth-order valence-electron chi connectivity index (χ4n) is 3.01. The van der Waals surface area contributed by atoms with Crippen LogP contribution in [-0.4, -0.2) is 24.0 Å². The average Bonchev–Trinajstić information content (AvgIpc) is 2.86. The van der Waals surface area contributed by atoms with Crippen LogP contribution in [0.4, 0.5) is 8.78 Å². The zero-order valence-electron chi connectivity index (χ0n) is 12.1. The standard InChI is InChI=1S/C17H18F2N2.ClH/c18-15-8-4-7-13(17(15)19)9-21-10-14(16(20)11-21)12-5-2-1-3-6-12;/h1-8,14,16H,9-11,20H2;1H/t14-,16+;/m0./s1. The topological polar surface area (TPSA) is 29.3 Å². The Balaban J connectivity index is 0.00000176. The van der Waals surface area contributed by atoms with Crippen molar-refractivity contribution in [1.82, 2.24) is 4.90 Å². The van der Waals surface area contributed by atoms with E-state index in [4.69, 9.17) is 5.73 Å². The second-order valence-electron chi connectivity index (χ2n) is 5.59. The Labute approximate surface area is 135 Å². The molecule has 2 nitrogen and oxygen atoms in total. The van der Waals surface area contributed by atoms with Crippen molar-refractivity contribution in [1.29, 1.82) is 0 Å². The van der Waals surface area contributed by atoms with Gasteiger partial charge in [0, 0.05) is 37.2 Å². The highest BCUT2D eigenvalue weighted by molar-refractivity contribution is 5.85. The van der Waals surface area contributed by atoms with Crippen LogP contribution in [-0.2, 0) is 6.54 Å². The van der Waals surface area contributed by atoms with Gasteiger partial charge in [0.1, 0.15) is 0 Å². The first-order valence-electron chi connectivity index (χ1n) is 7.11. The van der Waals surface area contributed by atoms with Crippen LogP contribution in [0.25, 0.3) is 0 Å². The van der Waals surface area contributed by atoms with Crippen molar-refractivity contribution in [2.45, 2.75) is 18.5 Å². The first-order chi connectivity index (χ1) is 10.1. The number of benzene rings is 2. The van der Waals surface area contributed by atoms with Gasteiger partial charge in [0.25, 0.3) is 0 Å². The monoisotopic (exact) mass is 324 g/mol. The predicted molar refractivity (Wildman–Crippen MR) is 86.0 cm³/mol. The fraction of sp³-hybridized carbons (Fsp3) is 0.294. The zero-order chi connectivity index (χ0) is 14.8. The smallest absolute Gasteiger partial charge is 0.163 e. The van der Waals surface area contributed by atoms with Crippen molar-refractivity contribution in [3.8, 4) is 0 Å². The quantitative estimate of drug-likeness (QED) is 0.938. The van der Waals surface area contributed by atoms with Gasteiger partial charge in [-0.15, -0.1) is 12.4 Å². The highest BCUT2D eigenvalue weighted by Gasteiger charge is 2.31. The second-order valence-corrected chi connectivity index (χ2v) is 5.59. The molecular weight excluding hydrogens is 306 g/mol. The largest absolute Gasteiger partial charge is 0.326 e. The molecule has 0 saturated carbocycles. The lowest BCUT2D eigenvalue weighted by Crippen LogP contribution is -2.28. The van der Waals surface area contributed by atoms with Crippen LogP contribution in [0.5, 0.6) is 0 Å². The van der Waals surface area contributed by atoms with Crippen molar-refractivity contribution < 1.29 is 8.78 Å². The molecule has 1 aliphatic heterocycles. The first kappa shape index (κ1) is 16.9. The Hall–Kier alpha value is -1.49. The van der Waals surface area contributed by atoms with E-state index in [1.807, 2.05) is 18.2 Å². The lowest BCUT2D eigenvalue weighted by molar-refractivity contribution is 0.315. The molecule has 22 heavy (non-hydrogen) atoms. The van der Waals surface area contributed by atoms with Gasteiger partial charge < -0.3 is 5.73 Å².